The average Bonchev–Trinajstić information content (AvgIpc) is 3.33. The number of nitrogens with zero attached hydrogens (tertiary/aromatic N) is 3. The number of hydrogen-bond acceptors (Lipinski definition) is 8. The number of nitrogens with one attached hydrogen (secondary N) is 3. The molecule has 12 heteroatoms. The molecule has 0 aliphatic heterocycles. The van der Waals surface area contributed by atoms with Crippen molar-refractivity contribution in [1.82, 2.24) is 20.4 Å². The summed E-state index contributed by atoms with van der Waals surface area (Å²) in [6.07, 6.45) is 3.39. The van der Waals surface area contributed by atoms with Crippen molar-refractivity contribution in [2.24, 2.45) is 11.1 Å². The number of carbonyl (C=O) groups is 2. The third-order valence-electron chi connectivity index (χ3n) is 4.83. The zero-order valence-corrected chi connectivity index (χ0v) is 18.2. The number of allylic oxidation sites excluding steroid dienone is 1. The van der Waals surface area contributed by atoms with Crippen molar-refractivity contribution in [2.75, 3.05) is 5.32 Å². The van der Waals surface area contributed by atoms with Crippen LogP contribution in [0.1, 0.15) is 30.9 Å². The van der Waals surface area contributed by atoms with Crippen LogP contribution in [0.15, 0.2) is 53.4 Å². The van der Waals surface area contributed by atoms with Crippen LogP contribution in [0.2, 0.25) is 0 Å². The summed E-state index contributed by atoms with van der Waals surface area (Å²) in [5.41, 5.74) is 4.30. The molecular formula is C22H21F2N7O3. The van der Waals surface area contributed by atoms with Gasteiger partial charge in [-0.1, -0.05) is 23.4 Å². The van der Waals surface area contributed by atoms with E-state index in [4.69, 9.17) is 15.7 Å². The molecule has 2 heterocycles. The summed E-state index contributed by atoms with van der Waals surface area (Å²) in [4.78, 5) is 31.5. The minimum Gasteiger partial charge on any atom is -0.379 e. The molecule has 0 aliphatic carbocycles. The first-order valence-electron chi connectivity index (χ1n) is 9.92. The van der Waals surface area contributed by atoms with Gasteiger partial charge in [0.1, 0.15) is 28.9 Å². The lowest BCUT2D eigenvalue weighted by atomic mass is 9.91. The predicted molar refractivity (Wildman–Crippen MR) is 118 cm³/mol. The maximum Gasteiger partial charge on any atom is 0.240 e. The van der Waals surface area contributed by atoms with Gasteiger partial charge in [-0.3, -0.25) is 15.0 Å². The lowest BCUT2D eigenvalue weighted by molar-refractivity contribution is -0.136. The molecule has 176 valence electrons. The fourth-order valence-electron chi connectivity index (χ4n) is 2.57. The molecule has 0 radical (unpaired) electrons. The van der Waals surface area contributed by atoms with Crippen LogP contribution in [0.25, 0.3) is 5.70 Å². The van der Waals surface area contributed by atoms with Gasteiger partial charge in [-0.2, -0.15) is 0 Å². The highest BCUT2D eigenvalue weighted by Crippen LogP contribution is 2.19. The van der Waals surface area contributed by atoms with Gasteiger partial charge in [0, 0.05) is 18.2 Å². The molecule has 0 fully saturated rings. The summed E-state index contributed by atoms with van der Waals surface area (Å²) in [5.74, 6) is -3.92. The number of rotatable bonds is 9. The molecule has 5 N–H and O–H groups in total. The summed E-state index contributed by atoms with van der Waals surface area (Å²) < 4.78 is 33.0. The number of primary amides is 1. The van der Waals surface area contributed by atoms with E-state index in [2.05, 4.69) is 25.8 Å². The van der Waals surface area contributed by atoms with E-state index in [1.54, 1.807) is 18.2 Å². The fourth-order valence-corrected chi connectivity index (χ4v) is 2.57. The van der Waals surface area contributed by atoms with Crippen LogP contribution < -0.4 is 16.4 Å². The minimum atomic E-state index is -1.62. The average molecular weight is 469 g/mol. The molecule has 2 amide bonds. The molecule has 1 aromatic carbocycles. The number of halogens is 2. The van der Waals surface area contributed by atoms with Crippen molar-refractivity contribution < 1.29 is 22.9 Å². The Morgan fingerprint density at radius 3 is 2.59 bits per heavy atom. The van der Waals surface area contributed by atoms with Gasteiger partial charge < -0.3 is 20.9 Å². The predicted octanol–water partition coefficient (Wildman–Crippen LogP) is 2.39. The molecule has 34 heavy (non-hydrogen) atoms. The highest BCUT2D eigenvalue weighted by atomic mass is 19.1. The molecule has 3 rings (SSSR count). The Morgan fingerprint density at radius 2 is 1.94 bits per heavy atom. The van der Waals surface area contributed by atoms with Gasteiger partial charge in [0.05, 0.1) is 11.9 Å². The number of aromatic nitrogens is 3. The molecule has 0 saturated carbocycles. The largest absolute Gasteiger partial charge is 0.379 e. The Balaban J connectivity index is 1.86. The van der Waals surface area contributed by atoms with Crippen LogP contribution in [-0.4, -0.2) is 32.7 Å². The van der Waals surface area contributed by atoms with Gasteiger partial charge in [0.15, 0.2) is 17.5 Å². The second-order valence-corrected chi connectivity index (χ2v) is 7.63. The highest BCUT2D eigenvalue weighted by Gasteiger charge is 2.34. The first-order chi connectivity index (χ1) is 16.1. The van der Waals surface area contributed by atoms with Gasteiger partial charge in [-0.15, -0.1) is 0 Å². The summed E-state index contributed by atoms with van der Waals surface area (Å²) in [5, 5.41) is 17.3. The van der Waals surface area contributed by atoms with Crippen LogP contribution in [0.4, 0.5) is 14.6 Å². The second kappa shape index (κ2) is 9.98. The first-order valence-corrected chi connectivity index (χ1v) is 9.92. The molecule has 0 bridgehead atoms. The zero-order valence-electron chi connectivity index (χ0n) is 18.2. The van der Waals surface area contributed by atoms with Crippen molar-refractivity contribution in [3.8, 4) is 0 Å². The summed E-state index contributed by atoms with van der Waals surface area (Å²) in [6, 6.07) is 7.69. The molecule has 2 aromatic heterocycles. The molecule has 0 spiro atoms. The number of anilines is 1. The maximum atomic E-state index is 14.2. The van der Waals surface area contributed by atoms with Crippen LogP contribution in [-0.2, 0) is 16.1 Å². The maximum absolute atomic E-state index is 14.2. The van der Waals surface area contributed by atoms with Crippen LogP contribution in [0.3, 0.4) is 0 Å². The molecule has 0 atom stereocenters. The SMILES string of the molecule is CC(C)(C(N)=O)C(=O)Nc1nc(C(=N)/C=C(\NCc2ccccc2F)c2ccon2)ncc1F. The Kier molecular flexibility index (Phi) is 7.09. The van der Waals surface area contributed by atoms with Crippen molar-refractivity contribution in [3.63, 3.8) is 0 Å². The van der Waals surface area contributed by atoms with E-state index in [0.717, 1.165) is 6.20 Å². The standard InChI is InChI=1S/C22H21F2N7O3/c1-22(2,20(26)32)21(33)30-18-14(24)11-28-19(29-18)15(25)9-17(16-7-8-34-31-16)27-10-12-5-3-4-6-13(12)23/h3-9,11,25,27H,10H2,1-2H3,(H2,26,32)(H,28,29,30,33)/b17-9-,25-15?. The third kappa shape index (κ3) is 5.46. The second-order valence-electron chi connectivity index (χ2n) is 7.63. The molecule has 0 aliphatic rings. The third-order valence-corrected chi connectivity index (χ3v) is 4.83. The fraction of sp³-hybridized carbons (Fsp3) is 0.182. The van der Waals surface area contributed by atoms with Crippen molar-refractivity contribution in [2.45, 2.75) is 20.4 Å². The number of nitrogens with two attached hydrogens (primary N) is 1. The van der Waals surface area contributed by atoms with Crippen molar-refractivity contribution >= 4 is 29.0 Å². The van der Waals surface area contributed by atoms with Crippen molar-refractivity contribution in [1.29, 1.82) is 5.41 Å². The zero-order chi connectivity index (χ0) is 24.9. The minimum absolute atomic E-state index is 0.0758. The highest BCUT2D eigenvalue weighted by molar-refractivity contribution is 6.10. The van der Waals surface area contributed by atoms with Crippen LogP contribution in [0, 0.1) is 22.5 Å². The summed E-state index contributed by atoms with van der Waals surface area (Å²) >= 11 is 0. The number of hydrogen-bond donors (Lipinski definition) is 4. The van der Waals surface area contributed by atoms with Gasteiger partial charge in [-0.05, 0) is 26.0 Å². The Bertz CT molecular complexity index is 1260. The Hall–Kier alpha value is -4.48. The van der Waals surface area contributed by atoms with E-state index in [-0.39, 0.29) is 23.8 Å². The van der Waals surface area contributed by atoms with E-state index < -0.39 is 34.7 Å². The monoisotopic (exact) mass is 469 g/mol. The Labute approximate surface area is 192 Å². The molecule has 3 aromatic rings. The lowest BCUT2D eigenvalue weighted by Gasteiger charge is -2.19. The number of benzene rings is 1. The van der Waals surface area contributed by atoms with Gasteiger partial charge in [0.2, 0.25) is 11.8 Å². The van der Waals surface area contributed by atoms with Gasteiger partial charge >= 0.3 is 0 Å². The quantitative estimate of drug-likeness (QED) is 0.276. The molecular weight excluding hydrogens is 448 g/mol. The number of amides is 2. The molecule has 0 unspecified atom stereocenters. The first kappa shape index (κ1) is 24.2. The molecule has 10 nitrogen and oxygen atoms in total. The van der Waals surface area contributed by atoms with Gasteiger partial charge in [0.25, 0.3) is 0 Å². The van der Waals surface area contributed by atoms with E-state index in [0.29, 0.717) is 11.3 Å². The summed E-state index contributed by atoms with van der Waals surface area (Å²) in [6.45, 7) is 2.63. The van der Waals surface area contributed by atoms with Crippen LogP contribution in [0.5, 0.6) is 0 Å². The summed E-state index contributed by atoms with van der Waals surface area (Å²) in [7, 11) is 0. The smallest absolute Gasteiger partial charge is 0.240 e. The van der Waals surface area contributed by atoms with E-state index in [1.807, 2.05) is 0 Å². The Morgan fingerprint density at radius 1 is 1.21 bits per heavy atom. The van der Waals surface area contributed by atoms with E-state index in [1.165, 1.54) is 38.3 Å². The molecule has 0 saturated heterocycles. The lowest BCUT2D eigenvalue weighted by Crippen LogP contribution is -2.42. The van der Waals surface area contributed by atoms with Crippen molar-refractivity contribution in [3.05, 3.63) is 77.6 Å². The normalized spacial score (nSPS) is 11.7. The number of carbonyl (C=O) groups excluding carboxylic acids is 2. The van der Waals surface area contributed by atoms with Gasteiger partial charge in [-0.25, -0.2) is 18.7 Å². The topological polar surface area (TPSA) is 160 Å². The van der Waals surface area contributed by atoms with E-state index >= 15 is 0 Å². The van der Waals surface area contributed by atoms with Crippen LogP contribution >= 0.6 is 0 Å². The van der Waals surface area contributed by atoms with E-state index in [9.17, 15) is 18.4 Å².